The van der Waals surface area contributed by atoms with E-state index >= 15 is 0 Å². The van der Waals surface area contributed by atoms with Gasteiger partial charge in [-0.15, -0.1) is 11.3 Å². The van der Waals surface area contributed by atoms with E-state index in [1.54, 1.807) is 48.5 Å². The zero-order valence-corrected chi connectivity index (χ0v) is 15.1. The molecule has 0 atom stereocenters. The molecule has 0 amide bonds. The molecular formula is C20H14ClFO3S. The van der Waals surface area contributed by atoms with Crippen LogP contribution in [0.2, 0.25) is 5.02 Å². The lowest BCUT2D eigenvalue weighted by atomic mass is 10.1. The van der Waals surface area contributed by atoms with Gasteiger partial charge in [-0.05, 0) is 53.4 Å². The van der Waals surface area contributed by atoms with Gasteiger partial charge in [-0.25, -0.2) is 9.18 Å². The highest BCUT2D eigenvalue weighted by Crippen LogP contribution is 2.30. The Kier molecular flexibility index (Phi) is 5.71. The lowest BCUT2D eigenvalue weighted by Crippen LogP contribution is -2.00. The summed E-state index contributed by atoms with van der Waals surface area (Å²) in [4.78, 5) is 12.3. The second-order valence-electron chi connectivity index (χ2n) is 5.44. The standard InChI is InChI=1S/C20H14ClFO3S/c21-15-5-8-18(25-12-13-3-6-16(22)7-4-13)14(10-15)11-17(20(23)24)19-2-1-9-26-19/h1-11H,12H2,(H,23,24)/b17-11-. The van der Waals surface area contributed by atoms with Crippen molar-refractivity contribution in [2.45, 2.75) is 6.61 Å². The van der Waals surface area contributed by atoms with Crippen LogP contribution in [0.3, 0.4) is 0 Å². The highest BCUT2D eigenvalue weighted by atomic mass is 35.5. The van der Waals surface area contributed by atoms with Crippen molar-refractivity contribution in [3.05, 3.63) is 86.8 Å². The van der Waals surface area contributed by atoms with Crippen molar-refractivity contribution in [1.82, 2.24) is 0 Å². The lowest BCUT2D eigenvalue weighted by Gasteiger charge is -2.11. The third-order valence-electron chi connectivity index (χ3n) is 3.60. The number of halogens is 2. The number of thiophene rings is 1. The van der Waals surface area contributed by atoms with Gasteiger partial charge < -0.3 is 9.84 Å². The summed E-state index contributed by atoms with van der Waals surface area (Å²) in [5.41, 5.74) is 1.52. The van der Waals surface area contributed by atoms with Crippen LogP contribution in [0, 0.1) is 5.82 Å². The Morgan fingerprint density at radius 1 is 1.19 bits per heavy atom. The SMILES string of the molecule is O=C(O)/C(=C\c1cc(Cl)ccc1OCc1ccc(F)cc1)c1cccs1. The van der Waals surface area contributed by atoms with E-state index in [9.17, 15) is 14.3 Å². The molecule has 0 aliphatic carbocycles. The van der Waals surface area contributed by atoms with E-state index in [1.807, 2.05) is 5.38 Å². The van der Waals surface area contributed by atoms with Crippen molar-refractivity contribution in [2.75, 3.05) is 0 Å². The zero-order chi connectivity index (χ0) is 18.5. The highest BCUT2D eigenvalue weighted by molar-refractivity contribution is 7.11. The largest absolute Gasteiger partial charge is 0.488 e. The molecule has 1 aromatic heterocycles. The maximum atomic E-state index is 13.0. The number of hydrogen-bond acceptors (Lipinski definition) is 3. The minimum absolute atomic E-state index is 0.161. The molecule has 132 valence electrons. The van der Waals surface area contributed by atoms with Gasteiger partial charge in [-0.1, -0.05) is 29.8 Å². The smallest absolute Gasteiger partial charge is 0.337 e. The number of carboxylic acids is 1. The normalized spacial score (nSPS) is 11.4. The molecule has 0 radical (unpaired) electrons. The van der Waals surface area contributed by atoms with Crippen LogP contribution in [0.1, 0.15) is 16.0 Å². The van der Waals surface area contributed by atoms with Crippen LogP contribution in [-0.4, -0.2) is 11.1 Å². The lowest BCUT2D eigenvalue weighted by molar-refractivity contribution is -0.130. The summed E-state index contributed by atoms with van der Waals surface area (Å²) in [6, 6.07) is 14.5. The van der Waals surface area contributed by atoms with E-state index in [-0.39, 0.29) is 18.0 Å². The molecule has 3 aromatic rings. The molecule has 0 saturated heterocycles. The average Bonchev–Trinajstić information content (AvgIpc) is 3.14. The zero-order valence-electron chi connectivity index (χ0n) is 13.5. The van der Waals surface area contributed by atoms with Gasteiger partial charge in [0.05, 0.1) is 5.57 Å². The fraction of sp³-hybridized carbons (Fsp3) is 0.0500. The van der Waals surface area contributed by atoms with Crippen molar-refractivity contribution in [3.8, 4) is 5.75 Å². The molecule has 1 heterocycles. The number of carbonyl (C=O) groups is 1. The average molecular weight is 389 g/mol. The third kappa shape index (κ3) is 4.50. The molecule has 3 nitrogen and oxygen atoms in total. The summed E-state index contributed by atoms with van der Waals surface area (Å²) in [5, 5.41) is 11.8. The van der Waals surface area contributed by atoms with Crippen LogP contribution in [0.15, 0.2) is 60.0 Å². The van der Waals surface area contributed by atoms with E-state index in [4.69, 9.17) is 16.3 Å². The summed E-state index contributed by atoms with van der Waals surface area (Å²) < 4.78 is 18.8. The Balaban J connectivity index is 1.91. The van der Waals surface area contributed by atoms with Gasteiger partial charge >= 0.3 is 5.97 Å². The molecule has 1 N–H and O–H groups in total. The number of ether oxygens (including phenoxy) is 1. The fourth-order valence-electron chi connectivity index (χ4n) is 2.33. The molecule has 2 aromatic carbocycles. The topological polar surface area (TPSA) is 46.5 Å². The molecule has 3 rings (SSSR count). The molecule has 6 heteroatoms. The van der Waals surface area contributed by atoms with Gasteiger partial charge in [0.2, 0.25) is 0 Å². The third-order valence-corrected chi connectivity index (χ3v) is 4.73. The summed E-state index contributed by atoms with van der Waals surface area (Å²) in [7, 11) is 0. The van der Waals surface area contributed by atoms with Crippen molar-refractivity contribution in [2.24, 2.45) is 0 Å². The molecular weight excluding hydrogens is 375 g/mol. The van der Waals surface area contributed by atoms with Crippen LogP contribution < -0.4 is 4.74 Å². The van der Waals surface area contributed by atoms with Crippen LogP contribution >= 0.6 is 22.9 Å². The van der Waals surface area contributed by atoms with Gasteiger partial charge in [-0.2, -0.15) is 0 Å². The number of benzene rings is 2. The Labute approximate surface area is 158 Å². The first-order valence-electron chi connectivity index (χ1n) is 7.68. The molecule has 0 aliphatic heterocycles. The van der Waals surface area contributed by atoms with E-state index in [1.165, 1.54) is 23.5 Å². The number of carboxylic acid groups (broad SMARTS) is 1. The first-order chi connectivity index (χ1) is 12.5. The second-order valence-corrected chi connectivity index (χ2v) is 6.82. The Morgan fingerprint density at radius 2 is 1.96 bits per heavy atom. The van der Waals surface area contributed by atoms with E-state index in [2.05, 4.69) is 0 Å². The quantitative estimate of drug-likeness (QED) is 0.547. The van der Waals surface area contributed by atoms with E-state index < -0.39 is 5.97 Å². The maximum Gasteiger partial charge on any atom is 0.337 e. The van der Waals surface area contributed by atoms with Gasteiger partial charge in [0, 0.05) is 15.5 Å². The summed E-state index contributed by atoms with van der Waals surface area (Å²) >= 11 is 7.41. The number of aliphatic carboxylic acids is 1. The number of rotatable bonds is 6. The Hall–Kier alpha value is -2.63. The first-order valence-corrected chi connectivity index (χ1v) is 8.94. The second kappa shape index (κ2) is 8.17. The van der Waals surface area contributed by atoms with Gasteiger partial charge in [0.1, 0.15) is 18.2 Å². The van der Waals surface area contributed by atoms with Gasteiger partial charge in [0.25, 0.3) is 0 Å². The Morgan fingerprint density at radius 3 is 2.62 bits per heavy atom. The Bertz CT molecular complexity index is 934. The van der Waals surface area contributed by atoms with Crippen molar-refractivity contribution >= 4 is 40.6 Å². The van der Waals surface area contributed by atoms with Crippen LogP contribution in [0.5, 0.6) is 5.75 Å². The van der Waals surface area contributed by atoms with Crippen molar-refractivity contribution < 1.29 is 19.0 Å². The highest BCUT2D eigenvalue weighted by Gasteiger charge is 2.13. The van der Waals surface area contributed by atoms with E-state index in [0.717, 1.165) is 5.56 Å². The fourth-order valence-corrected chi connectivity index (χ4v) is 3.25. The monoisotopic (exact) mass is 388 g/mol. The number of hydrogen-bond donors (Lipinski definition) is 1. The predicted octanol–water partition coefficient (Wildman–Crippen LogP) is 5.74. The summed E-state index contributed by atoms with van der Waals surface area (Å²) in [6.45, 7) is 0.226. The molecule has 0 unspecified atom stereocenters. The molecule has 26 heavy (non-hydrogen) atoms. The summed E-state index contributed by atoms with van der Waals surface area (Å²) in [5.74, 6) is -0.850. The molecule has 0 saturated carbocycles. The van der Waals surface area contributed by atoms with Crippen LogP contribution in [0.25, 0.3) is 11.6 Å². The van der Waals surface area contributed by atoms with Crippen LogP contribution in [-0.2, 0) is 11.4 Å². The maximum absolute atomic E-state index is 13.0. The predicted molar refractivity (Wildman–Crippen MR) is 102 cm³/mol. The van der Waals surface area contributed by atoms with Gasteiger partial charge in [-0.3, -0.25) is 0 Å². The van der Waals surface area contributed by atoms with Crippen molar-refractivity contribution in [3.63, 3.8) is 0 Å². The molecule has 0 bridgehead atoms. The first kappa shape index (κ1) is 18.2. The molecule has 0 fully saturated rings. The summed E-state index contributed by atoms with van der Waals surface area (Å²) in [6.07, 6.45) is 1.54. The van der Waals surface area contributed by atoms with Crippen LogP contribution in [0.4, 0.5) is 4.39 Å². The minimum atomic E-state index is -1.03. The van der Waals surface area contributed by atoms with Gasteiger partial charge in [0.15, 0.2) is 0 Å². The minimum Gasteiger partial charge on any atom is -0.488 e. The van der Waals surface area contributed by atoms with Crippen molar-refractivity contribution in [1.29, 1.82) is 0 Å². The molecule has 0 aliphatic rings. The molecule has 0 spiro atoms. The van der Waals surface area contributed by atoms with E-state index in [0.29, 0.717) is 21.2 Å².